The predicted molar refractivity (Wildman–Crippen MR) is 135 cm³/mol. The van der Waals surface area contributed by atoms with E-state index >= 15 is 0 Å². The van der Waals surface area contributed by atoms with Crippen molar-refractivity contribution in [2.75, 3.05) is 25.7 Å². The second-order valence-electron chi connectivity index (χ2n) is 7.73. The number of para-hydroxylation sites is 2. The Morgan fingerprint density at radius 1 is 0.892 bits per heavy atom. The van der Waals surface area contributed by atoms with E-state index in [1.54, 1.807) is 37.3 Å². The molecule has 4 rings (SSSR count). The fourth-order valence-electron chi connectivity index (χ4n) is 3.68. The molecule has 4 aromatic rings. The highest BCUT2D eigenvalue weighted by Gasteiger charge is 2.24. The van der Waals surface area contributed by atoms with E-state index in [-0.39, 0.29) is 24.5 Å². The Morgan fingerprint density at radius 2 is 1.59 bits per heavy atom. The maximum absolute atomic E-state index is 13.3. The molecule has 37 heavy (non-hydrogen) atoms. The van der Waals surface area contributed by atoms with Gasteiger partial charge in [-0.25, -0.2) is 14.4 Å². The maximum atomic E-state index is 13.3. The third-order valence-electron chi connectivity index (χ3n) is 5.55. The number of benzene rings is 3. The summed E-state index contributed by atoms with van der Waals surface area (Å²) in [5.41, 5.74) is 1.02. The summed E-state index contributed by atoms with van der Waals surface area (Å²) in [6, 6.07) is 19.9. The van der Waals surface area contributed by atoms with Crippen molar-refractivity contribution in [1.29, 1.82) is 0 Å². The van der Waals surface area contributed by atoms with E-state index in [0.29, 0.717) is 21.8 Å². The molecule has 11 nitrogen and oxygen atoms in total. The van der Waals surface area contributed by atoms with Gasteiger partial charge < -0.3 is 14.2 Å². The monoisotopic (exact) mass is 503 g/mol. The van der Waals surface area contributed by atoms with E-state index in [9.17, 15) is 14.4 Å². The van der Waals surface area contributed by atoms with Crippen LogP contribution in [0.25, 0.3) is 5.69 Å². The number of carbonyl (C=O) groups excluding carboxylic acids is 2. The molecule has 1 heterocycles. The number of tetrazole rings is 1. The quantitative estimate of drug-likeness (QED) is 0.266. The predicted octanol–water partition coefficient (Wildman–Crippen LogP) is 3.30. The maximum Gasteiger partial charge on any atom is 0.377 e. The molecule has 0 aliphatic carbocycles. The van der Waals surface area contributed by atoms with Gasteiger partial charge in [-0.3, -0.25) is 4.90 Å². The Hall–Kier alpha value is -4.93. The smallest absolute Gasteiger partial charge is 0.377 e. The standard InChI is InChI=1S/C26H25N5O6/c1-4-29(25(33)31-26(34)30(27-28-31)21-12-8-9-13-22(21)35-2)19-14-15-20(23(16-19)36-3)24(32)37-17-18-10-6-5-7-11-18/h5-16H,4,17H2,1-3H3. The summed E-state index contributed by atoms with van der Waals surface area (Å²) in [6.07, 6.45) is 0. The number of carbonyl (C=O) groups is 2. The largest absolute Gasteiger partial charge is 0.496 e. The number of hydrogen-bond acceptors (Lipinski definition) is 8. The van der Waals surface area contributed by atoms with Crippen LogP contribution in [0.1, 0.15) is 22.8 Å². The Labute approximate surface area is 212 Å². The average molecular weight is 504 g/mol. The van der Waals surface area contributed by atoms with Gasteiger partial charge in [0.05, 0.1) is 14.2 Å². The van der Waals surface area contributed by atoms with Gasteiger partial charge in [0.25, 0.3) is 0 Å². The van der Waals surface area contributed by atoms with Crippen LogP contribution in [0.2, 0.25) is 0 Å². The van der Waals surface area contributed by atoms with Crippen molar-refractivity contribution in [2.45, 2.75) is 13.5 Å². The topological polar surface area (TPSA) is 118 Å². The Morgan fingerprint density at radius 3 is 2.30 bits per heavy atom. The summed E-state index contributed by atoms with van der Waals surface area (Å²) >= 11 is 0. The van der Waals surface area contributed by atoms with Crippen LogP contribution in [-0.2, 0) is 11.3 Å². The van der Waals surface area contributed by atoms with Gasteiger partial charge >= 0.3 is 17.7 Å². The minimum absolute atomic E-state index is 0.106. The molecule has 0 N–H and O–H groups in total. The highest BCUT2D eigenvalue weighted by molar-refractivity contribution is 5.96. The van der Waals surface area contributed by atoms with Gasteiger partial charge in [0.2, 0.25) is 0 Å². The van der Waals surface area contributed by atoms with Gasteiger partial charge in [-0.2, -0.15) is 4.68 Å². The molecule has 0 bridgehead atoms. The van der Waals surface area contributed by atoms with E-state index in [2.05, 4.69) is 10.4 Å². The van der Waals surface area contributed by atoms with Crippen LogP contribution < -0.4 is 20.1 Å². The summed E-state index contributed by atoms with van der Waals surface area (Å²) in [5.74, 6) is 0.0420. The summed E-state index contributed by atoms with van der Waals surface area (Å²) in [6.45, 7) is 2.05. The lowest BCUT2D eigenvalue weighted by atomic mass is 10.1. The van der Waals surface area contributed by atoms with Gasteiger partial charge in [0.15, 0.2) is 0 Å². The van der Waals surface area contributed by atoms with E-state index in [1.807, 2.05) is 30.3 Å². The van der Waals surface area contributed by atoms with Crippen molar-refractivity contribution >= 4 is 17.7 Å². The highest BCUT2D eigenvalue weighted by atomic mass is 16.5. The van der Waals surface area contributed by atoms with Crippen LogP contribution in [0.3, 0.4) is 0 Å². The number of rotatable bonds is 8. The molecule has 190 valence electrons. The first-order chi connectivity index (χ1) is 18.0. The first-order valence-electron chi connectivity index (χ1n) is 11.4. The first-order valence-corrected chi connectivity index (χ1v) is 11.4. The molecule has 11 heteroatoms. The van der Waals surface area contributed by atoms with E-state index < -0.39 is 17.7 Å². The Kier molecular flexibility index (Phi) is 7.62. The van der Waals surface area contributed by atoms with E-state index in [1.165, 1.54) is 31.3 Å². The number of amides is 1. The van der Waals surface area contributed by atoms with Crippen molar-refractivity contribution < 1.29 is 23.8 Å². The van der Waals surface area contributed by atoms with Crippen molar-refractivity contribution in [1.82, 2.24) is 19.8 Å². The van der Waals surface area contributed by atoms with E-state index in [4.69, 9.17) is 14.2 Å². The molecule has 0 saturated carbocycles. The average Bonchev–Trinajstić information content (AvgIpc) is 3.33. The van der Waals surface area contributed by atoms with Gasteiger partial charge in [-0.1, -0.05) is 42.5 Å². The fraction of sp³-hybridized carbons (Fsp3) is 0.192. The summed E-state index contributed by atoms with van der Waals surface area (Å²) in [5, 5.41) is 7.61. The molecule has 1 amide bonds. The molecule has 0 saturated heterocycles. The lowest BCUT2D eigenvalue weighted by Gasteiger charge is -2.21. The molecule has 1 aromatic heterocycles. The zero-order valence-electron chi connectivity index (χ0n) is 20.5. The SMILES string of the molecule is CCN(C(=O)n1nnn(-c2ccccc2OC)c1=O)c1ccc(C(=O)OCc2ccccc2)c(OC)c1. The molecular formula is C26H25N5O6. The van der Waals surface area contributed by atoms with Gasteiger partial charge in [-0.05, 0) is 47.2 Å². The van der Waals surface area contributed by atoms with Gasteiger partial charge in [-0.15, -0.1) is 4.68 Å². The lowest BCUT2D eigenvalue weighted by molar-refractivity contribution is 0.0469. The molecule has 0 spiro atoms. The normalized spacial score (nSPS) is 10.6. The number of ether oxygens (including phenoxy) is 3. The molecule has 0 atom stereocenters. The second-order valence-corrected chi connectivity index (χ2v) is 7.73. The number of esters is 1. The fourth-order valence-corrected chi connectivity index (χ4v) is 3.68. The van der Waals surface area contributed by atoms with Crippen molar-refractivity contribution in [3.8, 4) is 17.2 Å². The van der Waals surface area contributed by atoms with Crippen LogP contribution >= 0.6 is 0 Å². The zero-order chi connectivity index (χ0) is 26.4. The molecule has 0 fully saturated rings. The van der Waals surface area contributed by atoms with Crippen LogP contribution in [0.15, 0.2) is 77.6 Å². The minimum atomic E-state index is -0.763. The Bertz CT molecular complexity index is 1460. The molecule has 0 radical (unpaired) electrons. The highest BCUT2D eigenvalue weighted by Crippen LogP contribution is 2.27. The third-order valence-corrected chi connectivity index (χ3v) is 5.55. The zero-order valence-corrected chi connectivity index (χ0v) is 20.5. The number of aromatic nitrogens is 4. The van der Waals surface area contributed by atoms with Crippen LogP contribution in [0.4, 0.5) is 10.5 Å². The minimum Gasteiger partial charge on any atom is -0.496 e. The van der Waals surface area contributed by atoms with Gasteiger partial charge in [0, 0.05) is 18.3 Å². The summed E-state index contributed by atoms with van der Waals surface area (Å²) in [4.78, 5) is 40.3. The summed E-state index contributed by atoms with van der Waals surface area (Å²) < 4.78 is 17.7. The number of anilines is 1. The second kappa shape index (κ2) is 11.2. The molecule has 0 unspecified atom stereocenters. The molecule has 0 aliphatic rings. The number of hydrogen-bond donors (Lipinski definition) is 0. The van der Waals surface area contributed by atoms with Crippen LogP contribution in [-0.4, -0.2) is 52.6 Å². The number of methoxy groups -OCH3 is 2. The third kappa shape index (κ3) is 5.20. The van der Waals surface area contributed by atoms with Gasteiger partial charge in [0.1, 0.15) is 29.4 Å². The summed E-state index contributed by atoms with van der Waals surface area (Å²) in [7, 11) is 2.88. The molecule has 0 aliphatic heterocycles. The lowest BCUT2D eigenvalue weighted by Crippen LogP contribution is -2.41. The first kappa shape index (κ1) is 25.2. The number of nitrogens with zero attached hydrogens (tertiary/aromatic N) is 5. The van der Waals surface area contributed by atoms with Crippen molar-refractivity contribution in [3.63, 3.8) is 0 Å². The van der Waals surface area contributed by atoms with Crippen LogP contribution in [0.5, 0.6) is 11.5 Å². The van der Waals surface area contributed by atoms with Crippen molar-refractivity contribution in [3.05, 3.63) is 94.4 Å². The van der Waals surface area contributed by atoms with Crippen molar-refractivity contribution in [2.24, 2.45) is 0 Å². The molecule has 3 aromatic carbocycles. The van der Waals surface area contributed by atoms with Crippen LogP contribution in [0, 0.1) is 0 Å². The molecular weight excluding hydrogens is 478 g/mol. The Balaban J connectivity index is 1.58. The van der Waals surface area contributed by atoms with E-state index in [0.717, 1.165) is 10.2 Å².